The van der Waals surface area contributed by atoms with Crippen LogP contribution in [-0.4, -0.2) is 44.2 Å². The number of nitrogens with zero attached hydrogens (tertiary/aromatic N) is 3. The monoisotopic (exact) mass is 405 g/mol. The Morgan fingerprint density at radius 3 is 2.80 bits per heavy atom. The van der Waals surface area contributed by atoms with Gasteiger partial charge >= 0.3 is 0 Å². The molecule has 2 aromatic carbocycles. The number of anilines is 1. The van der Waals surface area contributed by atoms with Crippen LogP contribution in [0.25, 0.3) is 11.5 Å². The highest BCUT2D eigenvalue weighted by atomic mass is 16.5. The minimum atomic E-state index is 0.304. The highest BCUT2D eigenvalue weighted by Gasteiger charge is 2.25. The zero-order valence-electron chi connectivity index (χ0n) is 17.3. The maximum atomic E-state index is 5.61. The van der Waals surface area contributed by atoms with Crippen molar-refractivity contribution in [2.75, 3.05) is 32.1 Å². The number of methoxy groups -OCH3 is 1. The molecule has 7 nitrogen and oxygen atoms in total. The first kappa shape index (κ1) is 19.8. The van der Waals surface area contributed by atoms with E-state index in [-0.39, 0.29) is 0 Å². The Morgan fingerprint density at radius 1 is 1.20 bits per heavy atom. The molecule has 2 heterocycles. The molecule has 1 unspecified atom stereocenters. The summed E-state index contributed by atoms with van der Waals surface area (Å²) in [6.07, 6.45) is 2.71. The Hall–Kier alpha value is -3.48. The van der Waals surface area contributed by atoms with Gasteiger partial charge in [0, 0.05) is 31.7 Å². The van der Waals surface area contributed by atoms with Gasteiger partial charge in [-0.3, -0.25) is 4.99 Å². The molecule has 1 saturated heterocycles. The second-order valence-corrected chi connectivity index (χ2v) is 7.18. The molecule has 2 N–H and O–H groups in total. The van der Waals surface area contributed by atoms with Crippen LogP contribution in [0.2, 0.25) is 0 Å². The average Bonchev–Trinajstić information content (AvgIpc) is 3.47. The molecule has 30 heavy (non-hydrogen) atoms. The minimum Gasteiger partial charge on any atom is -0.495 e. The molecule has 0 spiro atoms. The number of oxazole rings is 1. The van der Waals surface area contributed by atoms with E-state index in [1.165, 1.54) is 0 Å². The molecule has 1 atom stereocenters. The lowest BCUT2D eigenvalue weighted by atomic mass is 10.2. The minimum absolute atomic E-state index is 0.304. The first-order chi connectivity index (χ1) is 14.8. The van der Waals surface area contributed by atoms with E-state index >= 15 is 0 Å². The third-order valence-electron chi connectivity index (χ3n) is 5.19. The summed E-state index contributed by atoms with van der Waals surface area (Å²) in [6, 6.07) is 18.3. The maximum absolute atomic E-state index is 5.61. The third-order valence-corrected chi connectivity index (χ3v) is 5.19. The van der Waals surface area contributed by atoms with E-state index in [0.29, 0.717) is 18.5 Å². The van der Waals surface area contributed by atoms with E-state index in [9.17, 15) is 0 Å². The Morgan fingerprint density at radius 2 is 2.00 bits per heavy atom. The van der Waals surface area contributed by atoms with Crippen molar-refractivity contribution >= 4 is 11.6 Å². The van der Waals surface area contributed by atoms with Crippen molar-refractivity contribution in [2.24, 2.45) is 4.99 Å². The summed E-state index contributed by atoms with van der Waals surface area (Å²) in [5.41, 5.74) is 2.93. The van der Waals surface area contributed by atoms with Gasteiger partial charge in [0.1, 0.15) is 12.0 Å². The van der Waals surface area contributed by atoms with E-state index < -0.39 is 0 Å². The van der Waals surface area contributed by atoms with Crippen molar-refractivity contribution < 1.29 is 9.15 Å². The number of aliphatic imine (C=N–C) groups is 1. The average molecular weight is 406 g/mol. The smallest absolute Gasteiger partial charge is 0.226 e. The summed E-state index contributed by atoms with van der Waals surface area (Å²) in [4.78, 5) is 11.3. The fourth-order valence-corrected chi connectivity index (χ4v) is 3.65. The molecule has 1 fully saturated rings. The fourth-order valence-electron chi connectivity index (χ4n) is 3.65. The Labute approximate surface area is 176 Å². The van der Waals surface area contributed by atoms with Gasteiger partial charge in [-0.05, 0) is 30.7 Å². The van der Waals surface area contributed by atoms with Crippen LogP contribution in [0, 0.1) is 0 Å². The highest BCUT2D eigenvalue weighted by Crippen LogP contribution is 2.30. The maximum Gasteiger partial charge on any atom is 0.226 e. The van der Waals surface area contributed by atoms with Crippen LogP contribution in [0.15, 0.2) is 70.3 Å². The molecule has 0 amide bonds. The number of hydrogen-bond acceptors (Lipinski definition) is 5. The van der Waals surface area contributed by atoms with E-state index in [0.717, 1.165) is 48.2 Å². The summed E-state index contributed by atoms with van der Waals surface area (Å²) in [5.74, 6) is 2.28. The lowest BCUT2D eigenvalue weighted by Crippen LogP contribution is -2.44. The first-order valence-electron chi connectivity index (χ1n) is 10.1. The number of nitrogens with one attached hydrogen (secondary N) is 2. The molecule has 0 radical (unpaired) electrons. The Kier molecular flexibility index (Phi) is 6.17. The standard InChI is InChI=1S/C23H27N5O2/c1-24-23(25-14-19-16-30-22(26-19)17-8-4-3-5-9-17)27-18-12-13-28(15-18)20-10-6-7-11-21(20)29-2/h3-11,16,18H,12-15H2,1-2H3,(H2,24,25,27). The molecule has 156 valence electrons. The van der Waals surface area contributed by atoms with Crippen molar-refractivity contribution in [3.8, 4) is 17.2 Å². The Balaban J connectivity index is 1.31. The number of para-hydroxylation sites is 2. The number of ether oxygens (including phenoxy) is 1. The fraction of sp³-hybridized carbons (Fsp3) is 0.304. The van der Waals surface area contributed by atoms with Gasteiger partial charge in [-0.15, -0.1) is 0 Å². The van der Waals surface area contributed by atoms with Gasteiger partial charge in [0.05, 0.1) is 25.0 Å². The molecule has 4 rings (SSSR count). The highest BCUT2D eigenvalue weighted by molar-refractivity contribution is 5.80. The zero-order chi connectivity index (χ0) is 20.8. The van der Waals surface area contributed by atoms with Crippen LogP contribution in [0.4, 0.5) is 5.69 Å². The lowest BCUT2D eigenvalue weighted by Gasteiger charge is -2.22. The number of hydrogen-bond donors (Lipinski definition) is 2. The summed E-state index contributed by atoms with van der Waals surface area (Å²) >= 11 is 0. The second kappa shape index (κ2) is 9.35. The number of aromatic nitrogens is 1. The molecular formula is C23H27N5O2. The van der Waals surface area contributed by atoms with Gasteiger partial charge in [0.2, 0.25) is 5.89 Å². The molecule has 7 heteroatoms. The topological polar surface area (TPSA) is 74.9 Å². The number of guanidine groups is 1. The molecule has 1 aromatic heterocycles. The van der Waals surface area contributed by atoms with E-state index in [1.54, 1.807) is 20.4 Å². The van der Waals surface area contributed by atoms with E-state index in [2.05, 4.69) is 31.6 Å². The van der Waals surface area contributed by atoms with Crippen LogP contribution in [0.3, 0.4) is 0 Å². The van der Waals surface area contributed by atoms with Crippen LogP contribution in [-0.2, 0) is 6.54 Å². The van der Waals surface area contributed by atoms with Crippen molar-refractivity contribution in [1.29, 1.82) is 0 Å². The number of benzene rings is 2. The van der Waals surface area contributed by atoms with Crippen LogP contribution < -0.4 is 20.3 Å². The SMILES string of the molecule is CN=C(NCc1coc(-c2ccccc2)n1)NC1CCN(c2ccccc2OC)C1. The van der Waals surface area contributed by atoms with Gasteiger partial charge < -0.3 is 24.7 Å². The lowest BCUT2D eigenvalue weighted by molar-refractivity contribution is 0.415. The summed E-state index contributed by atoms with van der Waals surface area (Å²) < 4.78 is 11.1. The quantitative estimate of drug-likeness (QED) is 0.484. The molecule has 0 saturated carbocycles. The molecule has 1 aliphatic rings. The summed E-state index contributed by atoms with van der Waals surface area (Å²) in [6.45, 7) is 2.40. The summed E-state index contributed by atoms with van der Waals surface area (Å²) in [7, 11) is 3.49. The van der Waals surface area contributed by atoms with Crippen LogP contribution in [0.5, 0.6) is 5.75 Å². The van der Waals surface area contributed by atoms with Crippen molar-refractivity contribution in [2.45, 2.75) is 19.0 Å². The number of rotatable bonds is 6. The van der Waals surface area contributed by atoms with E-state index in [4.69, 9.17) is 9.15 Å². The largest absolute Gasteiger partial charge is 0.495 e. The van der Waals surface area contributed by atoms with Gasteiger partial charge in [-0.25, -0.2) is 4.98 Å². The van der Waals surface area contributed by atoms with Crippen molar-refractivity contribution in [3.05, 3.63) is 66.6 Å². The van der Waals surface area contributed by atoms with Gasteiger partial charge in [0.15, 0.2) is 5.96 Å². The van der Waals surface area contributed by atoms with Crippen molar-refractivity contribution in [1.82, 2.24) is 15.6 Å². The van der Waals surface area contributed by atoms with Crippen LogP contribution >= 0.6 is 0 Å². The predicted molar refractivity (Wildman–Crippen MR) is 119 cm³/mol. The van der Waals surface area contributed by atoms with Crippen molar-refractivity contribution in [3.63, 3.8) is 0 Å². The first-order valence-corrected chi connectivity index (χ1v) is 10.1. The third kappa shape index (κ3) is 4.56. The Bertz CT molecular complexity index is 986. The van der Waals surface area contributed by atoms with E-state index in [1.807, 2.05) is 48.5 Å². The molecule has 3 aromatic rings. The zero-order valence-corrected chi connectivity index (χ0v) is 17.3. The molecular weight excluding hydrogens is 378 g/mol. The predicted octanol–water partition coefficient (Wildman–Crippen LogP) is 3.29. The normalized spacial score (nSPS) is 16.5. The van der Waals surface area contributed by atoms with Gasteiger partial charge in [-0.1, -0.05) is 30.3 Å². The van der Waals surface area contributed by atoms with Crippen LogP contribution in [0.1, 0.15) is 12.1 Å². The van der Waals surface area contributed by atoms with Gasteiger partial charge in [0.25, 0.3) is 0 Å². The molecule has 1 aliphatic heterocycles. The van der Waals surface area contributed by atoms with Gasteiger partial charge in [-0.2, -0.15) is 0 Å². The molecule has 0 aliphatic carbocycles. The molecule has 0 bridgehead atoms. The second-order valence-electron chi connectivity index (χ2n) is 7.18. The summed E-state index contributed by atoms with van der Waals surface area (Å²) in [5, 5.41) is 6.84.